The van der Waals surface area contributed by atoms with E-state index in [4.69, 9.17) is 5.73 Å². The maximum atomic E-state index is 12.4. The summed E-state index contributed by atoms with van der Waals surface area (Å²) in [5.41, 5.74) is 7.70. The summed E-state index contributed by atoms with van der Waals surface area (Å²) in [5, 5.41) is 12.7. The molecule has 2 rings (SSSR count). The van der Waals surface area contributed by atoms with E-state index in [2.05, 4.69) is 10.3 Å². The molecule has 0 aliphatic heterocycles. The highest BCUT2D eigenvalue weighted by molar-refractivity contribution is 5.98. The highest BCUT2D eigenvalue weighted by atomic mass is 16.3. The number of primary amides is 1. The molecule has 1 aromatic carbocycles. The molecule has 0 fully saturated rings. The Balaban J connectivity index is 2.34. The molecule has 1 aromatic heterocycles. The summed E-state index contributed by atoms with van der Waals surface area (Å²) in [6.07, 6.45) is 1.46. The van der Waals surface area contributed by atoms with Crippen LogP contribution in [-0.2, 0) is 16.6 Å². The third-order valence-electron chi connectivity index (χ3n) is 3.79. The van der Waals surface area contributed by atoms with Crippen LogP contribution in [0.15, 0.2) is 30.5 Å². The summed E-state index contributed by atoms with van der Waals surface area (Å²) in [6, 6.07) is 6.74. The summed E-state index contributed by atoms with van der Waals surface area (Å²) in [6.45, 7) is 7.63. The number of hydrogen-bond acceptors (Lipinski definition) is 4. The Labute approximate surface area is 147 Å². The molecule has 0 aliphatic carbocycles. The van der Waals surface area contributed by atoms with Crippen LogP contribution in [-0.4, -0.2) is 21.9 Å². The van der Waals surface area contributed by atoms with E-state index in [0.29, 0.717) is 16.8 Å². The summed E-state index contributed by atoms with van der Waals surface area (Å²) >= 11 is 0. The van der Waals surface area contributed by atoms with Gasteiger partial charge in [0.05, 0.1) is 6.42 Å². The van der Waals surface area contributed by atoms with Crippen molar-refractivity contribution in [3.8, 4) is 5.75 Å². The van der Waals surface area contributed by atoms with E-state index in [-0.39, 0.29) is 23.8 Å². The Morgan fingerprint density at radius 3 is 2.52 bits per heavy atom. The minimum absolute atomic E-state index is 0.0192. The van der Waals surface area contributed by atoms with Gasteiger partial charge in [0.2, 0.25) is 5.91 Å². The maximum Gasteiger partial charge on any atom is 0.267 e. The fraction of sp³-hybridized carbons (Fsp3) is 0.316. The summed E-state index contributed by atoms with van der Waals surface area (Å²) in [7, 11) is 0. The number of pyridine rings is 1. The number of aromatic nitrogens is 1. The first kappa shape index (κ1) is 18.4. The smallest absolute Gasteiger partial charge is 0.267 e. The van der Waals surface area contributed by atoms with Crippen molar-refractivity contribution in [3.63, 3.8) is 0 Å². The lowest BCUT2D eigenvalue weighted by Gasteiger charge is -2.24. The van der Waals surface area contributed by atoms with E-state index in [1.807, 2.05) is 27.7 Å². The number of hydrogen-bond donors (Lipinski definition) is 3. The molecule has 2 aromatic rings. The van der Waals surface area contributed by atoms with Crippen molar-refractivity contribution in [1.82, 2.24) is 4.98 Å². The average Bonchev–Trinajstić information content (AvgIpc) is 2.49. The van der Waals surface area contributed by atoms with Gasteiger partial charge in [0.1, 0.15) is 11.4 Å². The van der Waals surface area contributed by atoms with Crippen LogP contribution < -0.4 is 11.1 Å². The van der Waals surface area contributed by atoms with Crippen LogP contribution in [0.1, 0.15) is 48.0 Å². The minimum atomic E-state index is -0.641. The van der Waals surface area contributed by atoms with Crippen LogP contribution in [0.25, 0.3) is 0 Å². The quantitative estimate of drug-likeness (QED) is 0.795. The lowest BCUT2D eigenvalue weighted by molar-refractivity contribution is -0.115. The maximum absolute atomic E-state index is 12.4. The van der Waals surface area contributed by atoms with Crippen LogP contribution in [0.3, 0.4) is 0 Å². The van der Waals surface area contributed by atoms with Gasteiger partial charge in [-0.05, 0) is 24.5 Å². The zero-order valence-corrected chi connectivity index (χ0v) is 14.9. The van der Waals surface area contributed by atoms with Crippen molar-refractivity contribution < 1.29 is 14.7 Å². The second-order valence-electron chi connectivity index (χ2n) is 7.05. The van der Waals surface area contributed by atoms with E-state index < -0.39 is 11.3 Å². The normalized spacial score (nSPS) is 11.2. The zero-order valence-electron chi connectivity index (χ0n) is 14.9. The lowest BCUT2D eigenvalue weighted by Crippen LogP contribution is -2.26. The number of benzene rings is 1. The van der Waals surface area contributed by atoms with Crippen LogP contribution in [0.4, 0.5) is 5.69 Å². The molecule has 0 atom stereocenters. The summed E-state index contributed by atoms with van der Waals surface area (Å²) in [5.74, 6) is -0.866. The van der Waals surface area contributed by atoms with E-state index in [1.54, 1.807) is 24.3 Å². The van der Waals surface area contributed by atoms with Crippen molar-refractivity contribution in [1.29, 1.82) is 0 Å². The number of aryl methyl sites for hydroxylation is 1. The van der Waals surface area contributed by atoms with Gasteiger partial charge in [0, 0.05) is 23.0 Å². The first-order chi connectivity index (χ1) is 11.6. The number of nitrogens with zero attached hydrogens (tertiary/aromatic N) is 1. The SMILES string of the molecule is Cc1ccc(O)c(CC(=O)Nc2ccnc(C(N)=O)c2C(C)(C)C)c1. The molecule has 0 saturated heterocycles. The molecule has 132 valence electrons. The van der Waals surface area contributed by atoms with Crippen molar-refractivity contribution in [2.75, 3.05) is 5.32 Å². The highest BCUT2D eigenvalue weighted by Crippen LogP contribution is 2.32. The third-order valence-corrected chi connectivity index (χ3v) is 3.79. The monoisotopic (exact) mass is 341 g/mol. The van der Waals surface area contributed by atoms with Crippen LogP contribution in [0, 0.1) is 6.92 Å². The van der Waals surface area contributed by atoms with Crippen LogP contribution >= 0.6 is 0 Å². The Morgan fingerprint density at radius 2 is 1.92 bits per heavy atom. The number of nitrogens with two attached hydrogens (primary N) is 1. The van der Waals surface area contributed by atoms with E-state index in [9.17, 15) is 14.7 Å². The number of phenolic OH excluding ortho intramolecular Hbond substituents is 1. The fourth-order valence-corrected chi connectivity index (χ4v) is 2.74. The van der Waals surface area contributed by atoms with Gasteiger partial charge in [-0.15, -0.1) is 0 Å². The van der Waals surface area contributed by atoms with E-state index >= 15 is 0 Å². The molecule has 6 nitrogen and oxygen atoms in total. The number of carbonyl (C=O) groups is 2. The second kappa shape index (κ2) is 6.93. The number of rotatable bonds is 4. The van der Waals surface area contributed by atoms with Gasteiger partial charge in [0.25, 0.3) is 5.91 Å². The number of nitrogens with one attached hydrogen (secondary N) is 1. The molecule has 6 heteroatoms. The molecule has 25 heavy (non-hydrogen) atoms. The summed E-state index contributed by atoms with van der Waals surface area (Å²) < 4.78 is 0. The molecule has 0 unspecified atom stereocenters. The largest absolute Gasteiger partial charge is 0.508 e. The highest BCUT2D eigenvalue weighted by Gasteiger charge is 2.26. The van der Waals surface area contributed by atoms with Crippen molar-refractivity contribution in [3.05, 3.63) is 52.8 Å². The molecular weight excluding hydrogens is 318 g/mol. The number of amides is 2. The van der Waals surface area contributed by atoms with Gasteiger partial charge >= 0.3 is 0 Å². The van der Waals surface area contributed by atoms with Gasteiger partial charge in [-0.2, -0.15) is 0 Å². The van der Waals surface area contributed by atoms with E-state index in [0.717, 1.165) is 5.56 Å². The molecule has 2 amide bonds. The molecule has 4 N–H and O–H groups in total. The second-order valence-corrected chi connectivity index (χ2v) is 7.05. The third kappa shape index (κ3) is 4.35. The van der Waals surface area contributed by atoms with Gasteiger partial charge in [-0.1, -0.05) is 38.5 Å². The fourth-order valence-electron chi connectivity index (χ4n) is 2.74. The first-order valence-corrected chi connectivity index (χ1v) is 7.97. The van der Waals surface area contributed by atoms with Crippen molar-refractivity contribution in [2.45, 2.75) is 39.5 Å². The molecule has 1 heterocycles. The predicted molar refractivity (Wildman–Crippen MR) is 96.6 cm³/mol. The number of phenols is 1. The Bertz CT molecular complexity index is 823. The molecule has 0 saturated carbocycles. The first-order valence-electron chi connectivity index (χ1n) is 7.97. The molecule has 0 bridgehead atoms. The molecule has 0 radical (unpaired) electrons. The number of anilines is 1. The molecular formula is C19H23N3O3. The van der Waals surface area contributed by atoms with Gasteiger partial charge in [0.15, 0.2) is 0 Å². The lowest BCUT2D eigenvalue weighted by atomic mass is 9.84. The van der Waals surface area contributed by atoms with Crippen molar-refractivity contribution in [2.24, 2.45) is 5.73 Å². The standard InChI is InChI=1S/C19H23N3O3/c1-11-5-6-14(23)12(9-11)10-15(24)22-13-7-8-21-17(18(20)25)16(13)19(2,3)4/h5-9,23H,10H2,1-4H3,(H2,20,25)(H,21,22,24). The van der Waals surface area contributed by atoms with Gasteiger partial charge in [-0.25, -0.2) is 0 Å². The van der Waals surface area contributed by atoms with Gasteiger partial charge < -0.3 is 16.2 Å². The predicted octanol–water partition coefficient (Wildman–Crippen LogP) is 2.67. The topological polar surface area (TPSA) is 105 Å². The average molecular weight is 341 g/mol. The van der Waals surface area contributed by atoms with Crippen LogP contribution in [0.5, 0.6) is 5.75 Å². The van der Waals surface area contributed by atoms with E-state index in [1.165, 1.54) is 6.20 Å². The Hall–Kier alpha value is -2.89. The Kier molecular flexibility index (Phi) is 5.11. The summed E-state index contributed by atoms with van der Waals surface area (Å²) in [4.78, 5) is 28.2. The minimum Gasteiger partial charge on any atom is -0.508 e. The molecule has 0 spiro atoms. The number of carbonyl (C=O) groups excluding carboxylic acids is 2. The van der Waals surface area contributed by atoms with Crippen LogP contribution in [0.2, 0.25) is 0 Å². The van der Waals surface area contributed by atoms with Gasteiger partial charge in [-0.3, -0.25) is 14.6 Å². The number of aromatic hydroxyl groups is 1. The molecule has 0 aliphatic rings. The van der Waals surface area contributed by atoms with Crippen molar-refractivity contribution >= 4 is 17.5 Å². The Morgan fingerprint density at radius 1 is 1.24 bits per heavy atom. The zero-order chi connectivity index (χ0) is 18.8.